The Balaban J connectivity index is 1.45. The molecule has 3 atom stereocenters. The summed E-state index contributed by atoms with van der Waals surface area (Å²) in [6, 6.07) is 9.60. The number of rotatable bonds is 14. The van der Waals surface area contributed by atoms with E-state index in [1.807, 2.05) is 13.0 Å². The molecule has 11 heteroatoms. The Hall–Kier alpha value is -3.28. The van der Waals surface area contributed by atoms with Gasteiger partial charge in [-0.2, -0.15) is 0 Å². The molecule has 0 aliphatic carbocycles. The molecule has 2 N–H and O–H groups in total. The van der Waals surface area contributed by atoms with E-state index in [2.05, 4.69) is 19.2 Å². The van der Waals surface area contributed by atoms with Gasteiger partial charge < -0.3 is 29.4 Å². The monoisotopic (exact) mass is 614 g/mol. The number of aliphatic hydroxyl groups excluding tert-OH is 1. The molecule has 2 aliphatic rings. The fraction of sp³-hybridized carbons (Fsp3) is 0.469. The summed E-state index contributed by atoms with van der Waals surface area (Å²) < 4.78 is 23.0. The molecule has 0 aromatic heterocycles. The van der Waals surface area contributed by atoms with Crippen LogP contribution in [0, 0.1) is 24.7 Å². The first-order chi connectivity index (χ1) is 20.7. The van der Waals surface area contributed by atoms with Crippen LogP contribution in [0.4, 0.5) is 11.4 Å². The van der Waals surface area contributed by atoms with Crippen molar-refractivity contribution in [1.82, 2.24) is 0 Å². The zero-order valence-electron chi connectivity index (χ0n) is 24.9. The van der Waals surface area contributed by atoms with Crippen LogP contribution < -0.4 is 10.2 Å². The van der Waals surface area contributed by atoms with Crippen molar-refractivity contribution in [2.45, 2.75) is 40.4 Å². The van der Waals surface area contributed by atoms with E-state index in [1.54, 1.807) is 37.3 Å². The van der Waals surface area contributed by atoms with Crippen molar-refractivity contribution < 1.29 is 38.4 Å². The number of nitrogens with one attached hydrogen (secondary N) is 1. The molecule has 43 heavy (non-hydrogen) atoms. The summed E-state index contributed by atoms with van der Waals surface area (Å²) in [5.41, 5.74) is 2.10. The predicted octanol–water partition coefficient (Wildman–Crippen LogP) is 4.97. The maximum Gasteiger partial charge on any atom is 0.290 e. The maximum absolute atomic E-state index is 13.4. The van der Waals surface area contributed by atoms with Gasteiger partial charge in [0, 0.05) is 29.8 Å². The number of hydrogen-bond donors (Lipinski definition) is 2. The highest BCUT2D eigenvalue weighted by atomic mass is 35.5. The van der Waals surface area contributed by atoms with Gasteiger partial charge in [-0.1, -0.05) is 25.4 Å². The van der Waals surface area contributed by atoms with Gasteiger partial charge in [0.25, 0.3) is 17.7 Å². The molecule has 2 aromatic carbocycles. The number of anilines is 2. The molecule has 4 rings (SSSR count). The average Bonchev–Trinajstić information content (AvgIpc) is 3.21. The molecule has 0 bridgehead atoms. The fourth-order valence-electron chi connectivity index (χ4n) is 5.41. The molecule has 232 valence electrons. The normalized spacial score (nSPS) is 19.8. The third kappa shape index (κ3) is 7.63. The van der Waals surface area contributed by atoms with Gasteiger partial charge in [-0.15, -0.1) is 0 Å². The topological polar surface area (TPSA) is 124 Å². The van der Waals surface area contributed by atoms with Gasteiger partial charge in [0.15, 0.2) is 5.76 Å². The minimum atomic E-state index is -0.621. The van der Waals surface area contributed by atoms with E-state index in [0.717, 1.165) is 4.90 Å². The third-order valence-electron chi connectivity index (χ3n) is 7.50. The van der Waals surface area contributed by atoms with Crippen LogP contribution >= 0.6 is 11.6 Å². The largest absolute Gasteiger partial charge is 0.459 e. The first kappa shape index (κ1) is 32.6. The van der Waals surface area contributed by atoms with Crippen LogP contribution in [0.1, 0.15) is 53.5 Å². The number of halogens is 1. The van der Waals surface area contributed by atoms with E-state index in [-0.39, 0.29) is 42.3 Å². The highest BCUT2D eigenvalue weighted by molar-refractivity contribution is 6.37. The maximum atomic E-state index is 13.4. The Morgan fingerprint density at radius 1 is 1.05 bits per heavy atom. The standard InChI is InChI=1S/C32H39ClN2O8/c1-5-42-32-24(10-12-40-14-15-41-13-11-36)25(19(2)3)18-28(43-32)29(37)34-22-7-9-27(20(4)16-22)35-30(38)23-8-6-21(33)17-26(23)31(35)39/h6-9,16-19,24-25,32,36H,5,10-15H2,1-4H3,(H,34,37)/t24-,25-,32-/m1/s1. The minimum Gasteiger partial charge on any atom is -0.459 e. The summed E-state index contributed by atoms with van der Waals surface area (Å²) in [5.74, 6) is -0.922. The second kappa shape index (κ2) is 14.9. The predicted molar refractivity (Wildman–Crippen MR) is 162 cm³/mol. The van der Waals surface area contributed by atoms with Crippen molar-refractivity contribution in [2.75, 3.05) is 49.9 Å². The summed E-state index contributed by atoms with van der Waals surface area (Å²) >= 11 is 6.04. The number of aliphatic hydroxyl groups is 1. The molecule has 2 aromatic rings. The Kier molecular flexibility index (Phi) is 11.3. The molecule has 2 heterocycles. The van der Waals surface area contributed by atoms with Crippen molar-refractivity contribution >= 4 is 40.7 Å². The Morgan fingerprint density at radius 2 is 1.77 bits per heavy atom. The smallest absolute Gasteiger partial charge is 0.290 e. The van der Waals surface area contributed by atoms with Crippen LogP contribution in [0.2, 0.25) is 5.02 Å². The van der Waals surface area contributed by atoms with Crippen LogP contribution in [0.3, 0.4) is 0 Å². The number of nitrogens with zero attached hydrogens (tertiary/aromatic N) is 1. The summed E-state index contributed by atoms with van der Waals surface area (Å²) in [6.45, 7) is 9.81. The van der Waals surface area contributed by atoms with Crippen molar-refractivity contribution in [3.63, 3.8) is 0 Å². The first-order valence-electron chi connectivity index (χ1n) is 14.5. The van der Waals surface area contributed by atoms with Gasteiger partial charge in [-0.25, -0.2) is 4.90 Å². The molecule has 10 nitrogen and oxygen atoms in total. The quantitative estimate of drug-likeness (QED) is 0.226. The number of imide groups is 1. The van der Waals surface area contributed by atoms with E-state index in [9.17, 15) is 14.4 Å². The second-order valence-corrected chi connectivity index (χ2v) is 11.2. The molecule has 0 saturated carbocycles. The van der Waals surface area contributed by atoms with Crippen molar-refractivity contribution in [3.05, 3.63) is 69.9 Å². The van der Waals surface area contributed by atoms with E-state index < -0.39 is 24.0 Å². The van der Waals surface area contributed by atoms with Crippen molar-refractivity contribution in [3.8, 4) is 0 Å². The van der Waals surface area contributed by atoms with E-state index in [0.29, 0.717) is 60.4 Å². The lowest BCUT2D eigenvalue weighted by Gasteiger charge is -2.38. The number of aryl methyl sites for hydroxylation is 1. The molecule has 2 aliphatic heterocycles. The molecule has 3 amide bonds. The van der Waals surface area contributed by atoms with Crippen LogP contribution in [-0.2, 0) is 23.7 Å². The molecule has 0 fully saturated rings. The Labute approximate surface area is 256 Å². The van der Waals surface area contributed by atoms with Crippen LogP contribution in [0.15, 0.2) is 48.2 Å². The summed E-state index contributed by atoms with van der Waals surface area (Å²) in [4.78, 5) is 40.5. The molecule has 0 spiro atoms. The average molecular weight is 615 g/mol. The number of benzene rings is 2. The zero-order valence-corrected chi connectivity index (χ0v) is 25.7. The van der Waals surface area contributed by atoms with Gasteiger partial charge >= 0.3 is 0 Å². The summed E-state index contributed by atoms with van der Waals surface area (Å²) in [7, 11) is 0. The highest BCUT2D eigenvalue weighted by Gasteiger charge is 2.39. The number of ether oxygens (including phenoxy) is 4. The lowest BCUT2D eigenvalue weighted by atomic mass is 9.79. The van der Waals surface area contributed by atoms with E-state index in [1.165, 1.54) is 6.07 Å². The van der Waals surface area contributed by atoms with E-state index in [4.69, 9.17) is 35.7 Å². The van der Waals surface area contributed by atoms with Gasteiger partial charge in [-0.3, -0.25) is 14.4 Å². The first-order valence-corrected chi connectivity index (χ1v) is 14.9. The van der Waals surface area contributed by atoms with Crippen molar-refractivity contribution in [2.24, 2.45) is 17.8 Å². The number of amides is 3. The van der Waals surface area contributed by atoms with Crippen LogP contribution in [0.25, 0.3) is 0 Å². The van der Waals surface area contributed by atoms with Gasteiger partial charge in [0.2, 0.25) is 6.29 Å². The summed E-state index contributed by atoms with van der Waals surface area (Å²) in [6.07, 6.45) is 1.91. The van der Waals surface area contributed by atoms with Crippen LogP contribution in [-0.4, -0.2) is 68.8 Å². The second-order valence-electron chi connectivity index (χ2n) is 10.8. The number of carbonyl (C=O) groups excluding carboxylic acids is 3. The van der Waals surface area contributed by atoms with Gasteiger partial charge in [-0.05, 0) is 80.1 Å². The molecule has 0 radical (unpaired) electrons. The Bertz CT molecular complexity index is 1360. The SMILES string of the molecule is CCO[C@@H]1OC(C(=O)Nc2ccc(N3C(=O)c4ccc(Cl)cc4C3=O)c(C)c2)=C[C@H](C(C)C)[C@H]1CCOCCOCCO. The molecular formula is C32H39ClN2O8. The molecule has 0 unspecified atom stereocenters. The van der Waals surface area contributed by atoms with E-state index >= 15 is 0 Å². The fourth-order valence-corrected chi connectivity index (χ4v) is 5.58. The van der Waals surface area contributed by atoms with Gasteiger partial charge in [0.05, 0.1) is 43.2 Å². The number of hydrogen-bond acceptors (Lipinski definition) is 8. The number of fused-ring (bicyclic) bond motifs is 1. The molecular weight excluding hydrogens is 576 g/mol. The number of carbonyl (C=O) groups is 3. The Morgan fingerprint density at radius 3 is 2.44 bits per heavy atom. The van der Waals surface area contributed by atoms with Crippen molar-refractivity contribution in [1.29, 1.82) is 0 Å². The van der Waals surface area contributed by atoms with Gasteiger partial charge in [0.1, 0.15) is 0 Å². The number of allylic oxidation sites excluding steroid dienone is 1. The molecule has 0 saturated heterocycles. The highest BCUT2D eigenvalue weighted by Crippen LogP contribution is 2.37. The summed E-state index contributed by atoms with van der Waals surface area (Å²) in [5, 5.41) is 12.1. The zero-order chi connectivity index (χ0) is 31.1. The van der Waals surface area contributed by atoms with Crippen LogP contribution in [0.5, 0.6) is 0 Å². The minimum absolute atomic E-state index is 0.00623. The lowest BCUT2D eigenvalue weighted by molar-refractivity contribution is -0.175. The lowest BCUT2D eigenvalue weighted by Crippen LogP contribution is -2.40. The third-order valence-corrected chi connectivity index (χ3v) is 7.74.